The standard InChI is InChI=1S/C27H24N2O6S/c1-28-25(31)21(26(32)33)15-17-7-10-20(11-8-17)35-14-13-29-22-12-9-19(16-23(22)36-27(29)34)24(30)18-5-3-2-4-6-18/h2-12,16,21H,13-15H2,1H3,(H,28,31)(H,32,33). The Bertz CT molecular complexity index is 1460. The Morgan fingerprint density at radius 3 is 2.39 bits per heavy atom. The highest BCUT2D eigenvalue weighted by Gasteiger charge is 2.25. The maximum Gasteiger partial charge on any atom is 0.316 e. The molecule has 4 aromatic rings. The molecule has 9 heteroatoms. The molecule has 0 saturated carbocycles. The fourth-order valence-electron chi connectivity index (χ4n) is 3.85. The average Bonchev–Trinajstić information content (AvgIpc) is 3.21. The summed E-state index contributed by atoms with van der Waals surface area (Å²) < 4.78 is 8.12. The van der Waals surface area contributed by atoms with Crippen molar-refractivity contribution in [2.75, 3.05) is 13.7 Å². The van der Waals surface area contributed by atoms with Crippen molar-refractivity contribution in [3.8, 4) is 5.75 Å². The van der Waals surface area contributed by atoms with E-state index in [1.807, 2.05) is 18.2 Å². The second-order valence-corrected chi connectivity index (χ2v) is 9.09. The van der Waals surface area contributed by atoms with Gasteiger partial charge in [0.05, 0.1) is 16.8 Å². The first-order valence-electron chi connectivity index (χ1n) is 11.3. The third-order valence-corrected chi connectivity index (χ3v) is 6.72. The topological polar surface area (TPSA) is 115 Å². The van der Waals surface area contributed by atoms with Gasteiger partial charge in [-0.05, 0) is 42.3 Å². The third kappa shape index (κ3) is 5.52. The van der Waals surface area contributed by atoms with Crippen LogP contribution in [0.5, 0.6) is 5.75 Å². The number of aromatic nitrogens is 1. The lowest BCUT2D eigenvalue weighted by molar-refractivity contribution is -0.146. The lowest BCUT2D eigenvalue weighted by Crippen LogP contribution is -2.34. The van der Waals surface area contributed by atoms with Crippen LogP contribution in [0, 0.1) is 5.92 Å². The minimum absolute atomic E-state index is 0.0698. The van der Waals surface area contributed by atoms with E-state index in [9.17, 15) is 24.3 Å². The molecule has 8 nitrogen and oxygen atoms in total. The Labute approximate surface area is 210 Å². The number of carboxylic acids is 1. The first-order valence-corrected chi connectivity index (χ1v) is 12.1. The van der Waals surface area contributed by atoms with E-state index >= 15 is 0 Å². The van der Waals surface area contributed by atoms with Crippen molar-refractivity contribution in [2.45, 2.75) is 13.0 Å². The summed E-state index contributed by atoms with van der Waals surface area (Å²) in [6.07, 6.45) is 0.0698. The second kappa shape index (κ2) is 11.0. The number of carbonyl (C=O) groups is 3. The summed E-state index contributed by atoms with van der Waals surface area (Å²) in [5.74, 6) is -2.42. The number of hydrogen-bond acceptors (Lipinski definition) is 6. The number of rotatable bonds is 10. The number of thiazole rings is 1. The number of hydrogen-bond donors (Lipinski definition) is 2. The number of amides is 1. The van der Waals surface area contributed by atoms with Crippen LogP contribution in [0.4, 0.5) is 0 Å². The number of carbonyl (C=O) groups excluding carboxylic acids is 2. The molecule has 1 atom stereocenters. The predicted molar refractivity (Wildman–Crippen MR) is 137 cm³/mol. The Morgan fingerprint density at radius 2 is 1.72 bits per heavy atom. The number of benzene rings is 3. The molecule has 2 N–H and O–H groups in total. The predicted octanol–water partition coefficient (Wildman–Crippen LogP) is 3.36. The van der Waals surface area contributed by atoms with Crippen molar-refractivity contribution >= 4 is 39.2 Å². The van der Waals surface area contributed by atoms with E-state index in [-0.39, 0.29) is 23.7 Å². The van der Waals surface area contributed by atoms with Crippen molar-refractivity contribution in [2.24, 2.45) is 5.92 Å². The maximum absolute atomic E-state index is 12.7. The molecule has 1 heterocycles. The molecule has 1 amide bonds. The van der Waals surface area contributed by atoms with Gasteiger partial charge in [-0.1, -0.05) is 53.8 Å². The van der Waals surface area contributed by atoms with Gasteiger partial charge >= 0.3 is 10.8 Å². The summed E-state index contributed by atoms with van der Waals surface area (Å²) in [5, 5.41) is 11.6. The summed E-state index contributed by atoms with van der Waals surface area (Å²) in [6, 6.07) is 21.1. The minimum Gasteiger partial charge on any atom is -0.492 e. The normalized spacial score (nSPS) is 11.7. The molecule has 0 fully saturated rings. The van der Waals surface area contributed by atoms with Gasteiger partial charge in [0.15, 0.2) is 5.78 Å². The molecule has 1 aromatic heterocycles. The van der Waals surface area contributed by atoms with Gasteiger partial charge in [-0.25, -0.2) is 0 Å². The molecular weight excluding hydrogens is 480 g/mol. The fourth-order valence-corrected chi connectivity index (χ4v) is 4.81. The number of nitrogens with one attached hydrogen (secondary N) is 1. The first kappa shape index (κ1) is 24.9. The highest BCUT2D eigenvalue weighted by Crippen LogP contribution is 2.22. The average molecular weight is 505 g/mol. The Kier molecular flexibility index (Phi) is 7.60. The van der Waals surface area contributed by atoms with Crippen LogP contribution in [0.3, 0.4) is 0 Å². The smallest absolute Gasteiger partial charge is 0.316 e. The molecule has 0 radical (unpaired) electrons. The van der Waals surface area contributed by atoms with Crippen molar-refractivity contribution in [3.63, 3.8) is 0 Å². The summed E-state index contributed by atoms with van der Waals surface area (Å²) >= 11 is 1.08. The van der Waals surface area contributed by atoms with Crippen LogP contribution < -0.4 is 14.9 Å². The van der Waals surface area contributed by atoms with Gasteiger partial charge in [0, 0.05) is 18.2 Å². The zero-order valence-corrected chi connectivity index (χ0v) is 20.3. The first-order chi connectivity index (χ1) is 17.4. The van der Waals surface area contributed by atoms with Crippen LogP contribution >= 0.6 is 11.3 Å². The lowest BCUT2D eigenvalue weighted by atomic mass is 9.98. The van der Waals surface area contributed by atoms with Crippen molar-refractivity contribution in [1.82, 2.24) is 9.88 Å². The minimum atomic E-state index is -1.18. The molecule has 184 valence electrons. The molecule has 0 aliphatic carbocycles. The van der Waals surface area contributed by atoms with Gasteiger partial charge in [-0.15, -0.1) is 0 Å². The molecular formula is C27H24N2O6S. The highest BCUT2D eigenvalue weighted by molar-refractivity contribution is 7.16. The number of carboxylic acid groups (broad SMARTS) is 1. The second-order valence-electron chi connectivity index (χ2n) is 8.10. The summed E-state index contributed by atoms with van der Waals surface area (Å²) in [7, 11) is 1.40. The van der Waals surface area contributed by atoms with Crippen LogP contribution in [0.15, 0.2) is 77.6 Å². The SMILES string of the molecule is CNC(=O)C(Cc1ccc(OCCn2c(=O)sc3cc(C(=O)c4ccccc4)ccc32)cc1)C(=O)O. The lowest BCUT2D eigenvalue weighted by Gasteiger charge is -2.12. The monoisotopic (exact) mass is 504 g/mol. The largest absolute Gasteiger partial charge is 0.492 e. The highest BCUT2D eigenvalue weighted by atomic mass is 32.1. The number of ketones is 1. The van der Waals surface area contributed by atoms with Crippen molar-refractivity contribution in [3.05, 3.63) is 99.2 Å². The molecule has 0 aliphatic heterocycles. The van der Waals surface area contributed by atoms with Crippen LogP contribution in [0.25, 0.3) is 10.2 Å². The molecule has 36 heavy (non-hydrogen) atoms. The maximum atomic E-state index is 12.7. The fraction of sp³-hybridized carbons (Fsp3) is 0.185. The van der Waals surface area contributed by atoms with Gasteiger partial charge in [0.25, 0.3) is 0 Å². The van der Waals surface area contributed by atoms with Crippen LogP contribution in [0.1, 0.15) is 21.5 Å². The number of ether oxygens (including phenoxy) is 1. The van der Waals surface area contributed by atoms with Crippen molar-refractivity contribution < 1.29 is 24.2 Å². The Morgan fingerprint density at radius 1 is 1.00 bits per heavy atom. The van der Waals surface area contributed by atoms with Crippen molar-refractivity contribution in [1.29, 1.82) is 0 Å². The molecule has 0 bridgehead atoms. The zero-order valence-electron chi connectivity index (χ0n) is 19.5. The van der Waals surface area contributed by atoms with E-state index < -0.39 is 17.8 Å². The third-order valence-electron chi connectivity index (χ3n) is 5.77. The molecule has 0 aliphatic rings. The van der Waals surface area contributed by atoms with E-state index in [1.165, 1.54) is 7.05 Å². The van der Waals surface area contributed by atoms with Gasteiger partial charge in [0.1, 0.15) is 18.3 Å². The molecule has 3 aromatic carbocycles. The Balaban J connectivity index is 1.40. The summed E-state index contributed by atoms with van der Waals surface area (Å²) in [6.45, 7) is 0.566. The molecule has 4 rings (SSSR count). The number of nitrogens with zero attached hydrogens (tertiary/aromatic N) is 1. The van der Waals surface area contributed by atoms with Gasteiger partial charge < -0.3 is 15.2 Å². The Hall–Kier alpha value is -4.24. The zero-order chi connectivity index (χ0) is 25.7. The van der Waals surface area contributed by atoms with E-state index in [0.29, 0.717) is 29.0 Å². The van der Waals surface area contributed by atoms with Gasteiger partial charge in [0.2, 0.25) is 5.91 Å². The number of fused-ring (bicyclic) bond motifs is 1. The molecule has 0 saturated heterocycles. The van der Waals surface area contributed by atoms with Crippen LogP contribution in [-0.2, 0) is 22.6 Å². The van der Waals surface area contributed by atoms with Crippen LogP contribution in [-0.4, -0.2) is 41.0 Å². The molecule has 0 spiro atoms. The number of aliphatic carboxylic acids is 1. The van der Waals surface area contributed by atoms with Crippen LogP contribution in [0.2, 0.25) is 0 Å². The summed E-state index contributed by atoms with van der Waals surface area (Å²) in [4.78, 5) is 48.3. The summed E-state index contributed by atoms with van der Waals surface area (Å²) in [5.41, 5.74) is 2.55. The van der Waals surface area contributed by atoms with E-state index in [4.69, 9.17) is 4.74 Å². The van der Waals surface area contributed by atoms with E-state index in [2.05, 4.69) is 5.32 Å². The van der Waals surface area contributed by atoms with E-state index in [1.54, 1.807) is 59.2 Å². The quantitative estimate of drug-likeness (QED) is 0.253. The van der Waals surface area contributed by atoms with Gasteiger partial charge in [-0.3, -0.25) is 23.7 Å². The van der Waals surface area contributed by atoms with E-state index in [0.717, 1.165) is 21.6 Å². The van der Waals surface area contributed by atoms with Gasteiger partial charge in [-0.2, -0.15) is 0 Å². The molecule has 1 unspecified atom stereocenters.